The number of hydrogen-bond acceptors (Lipinski definition) is 4. The Labute approximate surface area is 158 Å². The summed E-state index contributed by atoms with van der Waals surface area (Å²) in [7, 11) is 0. The Morgan fingerprint density at radius 3 is 2.64 bits per heavy atom. The average molecular weight is 393 g/mol. The number of anilines is 2. The fourth-order valence-corrected chi connectivity index (χ4v) is 4.10. The number of thioether (sulfide) groups is 1. The molecule has 1 heterocycles. The highest BCUT2D eigenvalue weighted by Crippen LogP contribution is 2.32. The maximum Gasteiger partial charge on any atom is 0.230 e. The Morgan fingerprint density at radius 2 is 1.96 bits per heavy atom. The molecule has 0 aliphatic carbocycles. The van der Waals surface area contributed by atoms with Gasteiger partial charge >= 0.3 is 0 Å². The van der Waals surface area contributed by atoms with E-state index in [1.165, 1.54) is 29.2 Å². The van der Waals surface area contributed by atoms with E-state index in [1.54, 1.807) is 30.0 Å². The van der Waals surface area contributed by atoms with Crippen LogP contribution in [0, 0.1) is 5.82 Å². The van der Waals surface area contributed by atoms with Gasteiger partial charge in [0.2, 0.25) is 5.91 Å². The number of rotatable bonds is 5. The van der Waals surface area contributed by atoms with Crippen LogP contribution in [-0.4, -0.2) is 10.9 Å². The van der Waals surface area contributed by atoms with Crippen molar-refractivity contribution in [2.24, 2.45) is 0 Å². The molecule has 25 heavy (non-hydrogen) atoms. The zero-order chi connectivity index (χ0) is 17.8. The summed E-state index contributed by atoms with van der Waals surface area (Å²) in [6, 6.07) is 13.8. The minimum absolute atomic E-state index is 0.209. The number of nitrogens with zero attached hydrogens (tertiary/aromatic N) is 2. The van der Waals surface area contributed by atoms with Gasteiger partial charge in [0, 0.05) is 28.0 Å². The SMILES string of the molecule is CC(=O)N(c1nc(CSc2ccc(Cl)cc2)cs1)c1ccccc1F. The predicted octanol–water partition coefficient (Wildman–Crippen LogP) is 5.91. The van der Waals surface area contributed by atoms with Crippen molar-refractivity contribution < 1.29 is 9.18 Å². The van der Waals surface area contributed by atoms with Gasteiger partial charge in [-0.15, -0.1) is 23.1 Å². The number of aromatic nitrogens is 1. The first-order valence-electron chi connectivity index (χ1n) is 7.42. The molecule has 0 atom stereocenters. The molecular formula is C18H14ClFN2OS2. The minimum Gasteiger partial charge on any atom is -0.274 e. The number of benzene rings is 2. The quantitative estimate of drug-likeness (QED) is 0.506. The Kier molecular flexibility index (Phi) is 5.73. The largest absolute Gasteiger partial charge is 0.274 e. The number of carbonyl (C=O) groups excluding carboxylic acids is 1. The second-order valence-corrected chi connectivity index (χ2v) is 7.49. The lowest BCUT2D eigenvalue weighted by atomic mass is 10.3. The van der Waals surface area contributed by atoms with Gasteiger partial charge in [-0.3, -0.25) is 9.69 Å². The van der Waals surface area contributed by atoms with Crippen LogP contribution in [0.5, 0.6) is 0 Å². The summed E-state index contributed by atoms with van der Waals surface area (Å²) in [5, 5.41) is 3.04. The highest BCUT2D eigenvalue weighted by Gasteiger charge is 2.20. The lowest BCUT2D eigenvalue weighted by molar-refractivity contribution is -0.115. The van der Waals surface area contributed by atoms with Gasteiger partial charge in [0.15, 0.2) is 5.13 Å². The fourth-order valence-electron chi connectivity index (χ4n) is 2.19. The van der Waals surface area contributed by atoms with Crippen molar-refractivity contribution in [1.29, 1.82) is 0 Å². The lowest BCUT2D eigenvalue weighted by Gasteiger charge is -2.18. The number of halogens is 2. The molecule has 0 saturated carbocycles. The molecule has 0 N–H and O–H groups in total. The summed E-state index contributed by atoms with van der Waals surface area (Å²) in [5.74, 6) is -0.0809. The summed E-state index contributed by atoms with van der Waals surface area (Å²) in [6.45, 7) is 1.40. The van der Waals surface area contributed by atoms with E-state index in [-0.39, 0.29) is 11.6 Å². The summed E-state index contributed by atoms with van der Waals surface area (Å²) in [6.07, 6.45) is 0. The number of amides is 1. The van der Waals surface area contributed by atoms with Gasteiger partial charge in [-0.25, -0.2) is 9.37 Å². The van der Waals surface area contributed by atoms with Gasteiger partial charge in [0.1, 0.15) is 5.82 Å². The highest BCUT2D eigenvalue weighted by atomic mass is 35.5. The summed E-state index contributed by atoms with van der Waals surface area (Å²) in [4.78, 5) is 18.9. The second-order valence-electron chi connectivity index (χ2n) is 5.17. The first kappa shape index (κ1) is 17.9. The predicted molar refractivity (Wildman–Crippen MR) is 102 cm³/mol. The first-order chi connectivity index (χ1) is 12.0. The molecule has 0 fully saturated rings. The molecule has 0 unspecified atom stereocenters. The van der Waals surface area contributed by atoms with Crippen LogP contribution in [-0.2, 0) is 10.5 Å². The van der Waals surface area contributed by atoms with E-state index in [0.717, 1.165) is 10.6 Å². The molecule has 0 saturated heterocycles. The molecule has 0 aliphatic heterocycles. The third-order valence-electron chi connectivity index (χ3n) is 3.34. The molecule has 0 aliphatic rings. The molecular weight excluding hydrogens is 379 g/mol. The third kappa shape index (κ3) is 4.39. The van der Waals surface area contributed by atoms with Crippen LogP contribution in [0.25, 0.3) is 0 Å². The summed E-state index contributed by atoms with van der Waals surface area (Å²) >= 11 is 8.82. The van der Waals surface area contributed by atoms with Crippen LogP contribution in [0.1, 0.15) is 12.6 Å². The molecule has 7 heteroatoms. The Balaban J connectivity index is 1.77. The van der Waals surface area contributed by atoms with E-state index in [0.29, 0.717) is 15.9 Å². The van der Waals surface area contributed by atoms with Gasteiger partial charge in [-0.2, -0.15) is 0 Å². The van der Waals surface area contributed by atoms with Crippen molar-refractivity contribution in [3.8, 4) is 0 Å². The van der Waals surface area contributed by atoms with Crippen molar-refractivity contribution in [2.75, 3.05) is 4.90 Å². The first-order valence-corrected chi connectivity index (χ1v) is 9.67. The molecule has 1 amide bonds. The lowest BCUT2D eigenvalue weighted by Crippen LogP contribution is -2.23. The van der Waals surface area contributed by atoms with Gasteiger partial charge in [-0.1, -0.05) is 23.7 Å². The second kappa shape index (κ2) is 7.99. The molecule has 0 spiro atoms. The monoisotopic (exact) mass is 392 g/mol. The van der Waals surface area contributed by atoms with Gasteiger partial charge in [-0.05, 0) is 36.4 Å². The van der Waals surface area contributed by atoms with E-state index < -0.39 is 5.82 Å². The van der Waals surface area contributed by atoms with Crippen LogP contribution < -0.4 is 4.90 Å². The molecule has 3 aromatic rings. The van der Waals surface area contributed by atoms with Crippen LogP contribution in [0.4, 0.5) is 15.2 Å². The smallest absolute Gasteiger partial charge is 0.230 e. The van der Waals surface area contributed by atoms with Gasteiger partial charge in [0.05, 0.1) is 11.4 Å². The van der Waals surface area contributed by atoms with Crippen LogP contribution in [0.15, 0.2) is 58.8 Å². The molecule has 3 nitrogen and oxygen atoms in total. The van der Waals surface area contributed by atoms with Crippen LogP contribution >= 0.6 is 34.7 Å². The molecule has 128 valence electrons. The van der Waals surface area contributed by atoms with Gasteiger partial charge in [0.25, 0.3) is 0 Å². The number of carbonyl (C=O) groups is 1. The standard InChI is InChI=1S/C18H14ClFN2OS2/c1-12(23)22(17-5-3-2-4-16(17)20)18-21-14(11-25-18)10-24-15-8-6-13(19)7-9-15/h2-9,11H,10H2,1H3. The molecule has 0 bridgehead atoms. The maximum absolute atomic E-state index is 14.1. The molecule has 1 aromatic heterocycles. The van der Waals surface area contributed by atoms with E-state index in [4.69, 9.17) is 11.6 Å². The minimum atomic E-state index is -0.454. The fraction of sp³-hybridized carbons (Fsp3) is 0.111. The molecule has 2 aromatic carbocycles. The zero-order valence-electron chi connectivity index (χ0n) is 13.3. The van der Waals surface area contributed by atoms with Crippen LogP contribution in [0.3, 0.4) is 0 Å². The molecule has 0 radical (unpaired) electrons. The number of hydrogen-bond donors (Lipinski definition) is 0. The van der Waals surface area contributed by atoms with E-state index >= 15 is 0 Å². The Bertz CT molecular complexity index is 883. The van der Waals surface area contributed by atoms with Crippen LogP contribution in [0.2, 0.25) is 5.02 Å². The van der Waals surface area contributed by atoms with E-state index in [2.05, 4.69) is 4.98 Å². The summed E-state index contributed by atoms with van der Waals surface area (Å²) in [5.41, 5.74) is 1.05. The van der Waals surface area contributed by atoms with Crippen molar-refractivity contribution in [2.45, 2.75) is 17.6 Å². The average Bonchev–Trinajstić information content (AvgIpc) is 3.04. The maximum atomic E-state index is 14.1. The van der Waals surface area contributed by atoms with Crippen molar-refractivity contribution in [1.82, 2.24) is 4.98 Å². The normalized spacial score (nSPS) is 10.7. The Hall–Kier alpha value is -1.89. The summed E-state index contributed by atoms with van der Waals surface area (Å²) < 4.78 is 14.1. The zero-order valence-corrected chi connectivity index (χ0v) is 15.7. The van der Waals surface area contributed by atoms with E-state index in [1.807, 2.05) is 29.6 Å². The van der Waals surface area contributed by atoms with Crippen molar-refractivity contribution >= 4 is 51.4 Å². The van der Waals surface area contributed by atoms with Crippen molar-refractivity contribution in [3.05, 3.63) is 70.4 Å². The van der Waals surface area contributed by atoms with Crippen molar-refractivity contribution in [3.63, 3.8) is 0 Å². The van der Waals surface area contributed by atoms with E-state index in [9.17, 15) is 9.18 Å². The van der Waals surface area contributed by atoms with Gasteiger partial charge < -0.3 is 0 Å². The Morgan fingerprint density at radius 1 is 1.24 bits per heavy atom. The third-order valence-corrected chi connectivity index (χ3v) is 5.51. The molecule has 3 rings (SSSR count). The topological polar surface area (TPSA) is 33.2 Å². The number of thiazole rings is 1. The highest BCUT2D eigenvalue weighted by molar-refractivity contribution is 7.98. The number of para-hydroxylation sites is 1.